The Balaban J connectivity index is 1.62. The maximum absolute atomic E-state index is 12.8. The molecule has 140 valence electrons. The Hall–Kier alpha value is -1.76. The van der Waals surface area contributed by atoms with Crippen LogP contribution in [0.2, 0.25) is 15.1 Å². The normalized spacial score (nSPS) is 15.7. The van der Waals surface area contributed by atoms with E-state index in [9.17, 15) is 4.79 Å². The number of halogens is 3. The summed E-state index contributed by atoms with van der Waals surface area (Å²) >= 11 is 24.8. The van der Waals surface area contributed by atoms with Crippen LogP contribution in [0.25, 0.3) is 17.4 Å². The molecular weight excluding hydrogens is 457 g/mol. The van der Waals surface area contributed by atoms with Gasteiger partial charge in [0.2, 0.25) is 0 Å². The third kappa shape index (κ3) is 3.73. The fourth-order valence-electron chi connectivity index (χ4n) is 2.68. The number of benzene rings is 2. The second-order valence-corrected chi connectivity index (χ2v) is 8.69. The highest BCUT2D eigenvalue weighted by Gasteiger charge is 2.33. The SMILES string of the molecule is O=C1/C(=C\c2ccc(-c3cccc(Cl)c3Cl)o2)SC(=S)N1c1ccc(Cl)cc1. The molecule has 1 fully saturated rings. The summed E-state index contributed by atoms with van der Waals surface area (Å²) < 4.78 is 6.29. The molecule has 2 aromatic carbocycles. The molecule has 28 heavy (non-hydrogen) atoms. The molecule has 3 aromatic rings. The second kappa shape index (κ2) is 7.93. The average molecular weight is 467 g/mol. The number of carbonyl (C=O) groups excluding carboxylic acids is 1. The molecule has 3 nitrogen and oxygen atoms in total. The third-order valence-corrected chi connectivity index (χ3v) is 6.37. The number of thiocarbonyl (C=S) groups is 1. The van der Waals surface area contributed by atoms with Crippen LogP contribution >= 0.6 is 58.8 Å². The van der Waals surface area contributed by atoms with Gasteiger partial charge in [0.1, 0.15) is 11.5 Å². The number of hydrogen-bond donors (Lipinski definition) is 0. The summed E-state index contributed by atoms with van der Waals surface area (Å²) in [5, 5.41) is 1.45. The average Bonchev–Trinajstić information content (AvgIpc) is 3.23. The van der Waals surface area contributed by atoms with Crippen molar-refractivity contribution >= 4 is 80.8 Å². The van der Waals surface area contributed by atoms with Crippen molar-refractivity contribution in [3.63, 3.8) is 0 Å². The van der Waals surface area contributed by atoms with Gasteiger partial charge in [-0.1, -0.05) is 64.8 Å². The van der Waals surface area contributed by atoms with Crippen LogP contribution in [0.3, 0.4) is 0 Å². The van der Waals surface area contributed by atoms with Crippen LogP contribution in [0.1, 0.15) is 5.76 Å². The van der Waals surface area contributed by atoms with Crippen molar-refractivity contribution in [1.82, 2.24) is 0 Å². The van der Waals surface area contributed by atoms with Crippen LogP contribution in [0.4, 0.5) is 5.69 Å². The molecule has 0 bridgehead atoms. The van der Waals surface area contributed by atoms with Crippen molar-refractivity contribution in [3.8, 4) is 11.3 Å². The summed E-state index contributed by atoms with van der Waals surface area (Å²) in [6, 6.07) is 15.8. The van der Waals surface area contributed by atoms with Gasteiger partial charge >= 0.3 is 0 Å². The second-order valence-electron chi connectivity index (χ2n) is 5.80. The summed E-state index contributed by atoms with van der Waals surface area (Å²) in [6.45, 7) is 0. The van der Waals surface area contributed by atoms with Crippen molar-refractivity contribution in [3.05, 3.63) is 80.3 Å². The number of carbonyl (C=O) groups is 1. The maximum atomic E-state index is 12.8. The first kappa shape index (κ1) is 19.6. The van der Waals surface area contributed by atoms with E-state index in [1.807, 2.05) is 6.07 Å². The van der Waals surface area contributed by atoms with E-state index in [2.05, 4.69) is 0 Å². The fraction of sp³-hybridized carbons (Fsp3) is 0. The molecule has 1 amide bonds. The smallest absolute Gasteiger partial charge is 0.270 e. The van der Waals surface area contributed by atoms with E-state index in [0.29, 0.717) is 47.1 Å². The lowest BCUT2D eigenvalue weighted by molar-refractivity contribution is -0.113. The lowest BCUT2D eigenvalue weighted by Crippen LogP contribution is -2.27. The van der Waals surface area contributed by atoms with E-state index in [1.165, 1.54) is 16.7 Å². The Morgan fingerprint density at radius 1 is 1.00 bits per heavy atom. The Bertz CT molecular complexity index is 1120. The van der Waals surface area contributed by atoms with Gasteiger partial charge in [-0.2, -0.15) is 0 Å². The zero-order chi connectivity index (χ0) is 19.8. The topological polar surface area (TPSA) is 33.5 Å². The van der Waals surface area contributed by atoms with E-state index in [4.69, 9.17) is 51.4 Å². The molecule has 0 spiro atoms. The summed E-state index contributed by atoms with van der Waals surface area (Å²) in [5.41, 5.74) is 1.35. The molecule has 8 heteroatoms. The first-order valence-electron chi connectivity index (χ1n) is 8.02. The van der Waals surface area contributed by atoms with Crippen LogP contribution in [0.15, 0.2) is 63.9 Å². The number of hydrogen-bond acceptors (Lipinski definition) is 4. The lowest BCUT2D eigenvalue weighted by Gasteiger charge is -2.14. The standard InChI is InChI=1S/C20H10Cl3NO2S2/c21-11-4-6-12(7-5-11)24-19(25)17(28-20(24)27)10-13-8-9-16(26-13)14-2-1-3-15(22)18(14)23/h1-10H/b17-10+. The number of anilines is 1. The van der Waals surface area contributed by atoms with Crippen molar-refractivity contribution in [2.45, 2.75) is 0 Å². The fourth-order valence-corrected chi connectivity index (χ4v) is 4.48. The van der Waals surface area contributed by atoms with Crippen LogP contribution in [-0.4, -0.2) is 10.2 Å². The quantitative estimate of drug-likeness (QED) is 0.299. The Kier molecular flexibility index (Phi) is 5.54. The highest BCUT2D eigenvalue weighted by Crippen LogP contribution is 2.38. The number of rotatable bonds is 3. The Morgan fingerprint density at radius 3 is 2.50 bits per heavy atom. The minimum absolute atomic E-state index is 0.212. The molecule has 4 rings (SSSR count). The summed E-state index contributed by atoms with van der Waals surface area (Å²) in [7, 11) is 0. The summed E-state index contributed by atoms with van der Waals surface area (Å²) in [6.07, 6.45) is 1.66. The van der Waals surface area contributed by atoms with Crippen LogP contribution in [-0.2, 0) is 4.79 Å². The van der Waals surface area contributed by atoms with E-state index in [1.54, 1.807) is 54.6 Å². The van der Waals surface area contributed by atoms with E-state index in [-0.39, 0.29) is 5.91 Å². The molecule has 0 aliphatic carbocycles. The van der Waals surface area contributed by atoms with Gasteiger partial charge in [-0.3, -0.25) is 9.69 Å². The molecule has 0 saturated carbocycles. The molecule has 2 heterocycles. The van der Waals surface area contributed by atoms with Gasteiger partial charge < -0.3 is 4.42 Å². The molecule has 0 radical (unpaired) electrons. The number of furan rings is 1. The Morgan fingerprint density at radius 2 is 1.75 bits per heavy atom. The minimum Gasteiger partial charge on any atom is -0.457 e. The van der Waals surface area contributed by atoms with Crippen molar-refractivity contribution in [2.75, 3.05) is 4.90 Å². The largest absolute Gasteiger partial charge is 0.457 e. The predicted octanol–water partition coefficient (Wildman–Crippen LogP) is 7.31. The zero-order valence-corrected chi connectivity index (χ0v) is 17.9. The van der Waals surface area contributed by atoms with Gasteiger partial charge in [0.05, 0.1) is 20.6 Å². The molecule has 1 aromatic heterocycles. The highest BCUT2D eigenvalue weighted by molar-refractivity contribution is 8.27. The van der Waals surface area contributed by atoms with Gasteiger partial charge in [0, 0.05) is 16.7 Å². The monoisotopic (exact) mass is 465 g/mol. The van der Waals surface area contributed by atoms with Gasteiger partial charge in [-0.05, 0) is 48.5 Å². The van der Waals surface area contributed by atoms with Gasteiger partial charge in [0.15, 0.2) is 4.32 Å². The summed E-state index contributed by atoms with van der Waals surface area (Å²) in [5.74, 6) is 0.866. The molecule has 0 unspecified atom stereocenters. The van der Waals surface area contributed by atoms with Gasteiger partial charge in [-0.25, -0.2) is 0 Å². The van der Waals surface area contributed by atoms with Gasteiger partial charge in [-0.15, -0.1) is 0 Å². The van der Waals surface area contributed by atoms with Crippen molar-refractivity contribution < 1.29 is 9.21 Å². The molecular formula is C20H10Cl3NO2S2. The van der Waals surface area contributed by atoms with Gasteiger partial charge in [0.25, 0.3) is 5.91 Å². The molecule has 1 aliphatic heterocycles. The van der Waals surface area contributed by atoms with Crippen molar-refractivity contribution in [1.29, 1.82) is 0 Å². The van der Waals surface area contributed by atoms with E-state index < -0.39 is 0 Å². The third-order valence-electron chi connectivity index (χ3n) is 4.00. The predicted molar refractivity (Wildman–Crippen MR) is 121 cm³/mol. The molecule has 0 atom stereocenters. The molecule has 0 N–H and O–H groups in total. The number of nitrogens with zero attached hydrogens (tertiary/aromatic N) is 1. The van der Waals surface area contributed by atoms with Crippen molar-refractivity contribution in [2.24, 2.45) is 0 Å². The first-order chi connectivity index (χ1) is 13.4. The van der Waals surface area contributed by atoms with Crippen LogP contribution in [0.5, 0.6) is 0 Å². The number of thioether (sulfide) groups is 1. The van der Waals surface area contributed by atoms with Crippen LogP contribution in [0, 0.1) is 0 Å². The van der Waals surface area contributed by atoms with Crippen LogP contribution < -0.4 is 4.90 Å². The van der Waals surface area contributed by atoms with E-state index >= 15 is 0 Å². The molecule has 1 saturated heterocycles. The minimum atomic E-state index is -0.212. The highest BCUT2D eigenvalue weighted by atomic mass is 35.5. The Labute approximate surface area is 185 Å². The molecule has 1 aliphatic rings. The van der Waals surface area contributed by atoms with E-state index in [0.717, 1.165) is 0 Å². The lowest BCUT2D eigenvalue weighted by atomic mass is 10.2. The number of amides is 1. The maximum Gasteiger partial charge on any atom is 0.270 e. The first-order valence-corrected chi connectivity index (χ1v) is 10.4. The zero-order valence-electron chi connectivity index (χ0n) is 14.0. The summed E-state index contributed by atoms with van der Waals surface area (Å²) in [4.78, 5) is 14.8.